The molecule has 3 aromatic rings. The van der Waals surface area contributed by atoms with Gasteiger partial charge in [0, 0.05) is 11.2 Å². The quantitative estimate of drug-likeness (QED) is 0.730. The Morgan fingerprint density at radius 3 is 2.94 bits per heavy atom. The molecule has 0 bridgehead atoms. The summed E-state index contributed by atoms with van der Waals surface area (Å²) in [6, 6.07) is 10.3. The minimum atomic E-state index is 0.892. The summed E-state index contributed by atoms with van der Waals surface area (Å²) in [5, 5.41) is 1.22. The molecule has 0 amide bonds. The Bertz CT molecular complexity index is 590. The van der Waals surface area contributed by atoms with Crippen LogP contribution < -0.4 is 0 Å². The van der Waals surface area contributed by atoms with Crippen molar-refractivity contribution in [3.05, 3.63) is 47.9 Å². The van der Waals surface area contributed by atoms with Crippen LogP contribution in [0.3, 0.4) is 0 Å². The van der Waals surface area contributed by atoms with Gasteiger partial charge in [-0.25, -0.2) is 0 Å². The molecular formula is C12H9N3S. The van der Waals surface area contributed by atoms with Crippen LogP contribution in [0.5, 0.6) is 0 Å². The van der Waals surface area contributed by atoms with E-state index < -0.39 is 0 Å². The molecule has 0 radical (unpaired) electrons. The zero-order valence-corrected chi connectivity index (χ0v) is 9.24. The lowest BCUT2D eigenvalue weighted by molar-refractivity contribution is 1.43. The summed E-state index contributed by atoms with van der Waals surface area (Å²) in [5.41, 5.74) is 3.12. The lowest BCUT2D eigenvalue weighted by Gasteiger charge is -1.84. The molecule has 0 unspecified atom stereocenters. The van der Waals surface area contributed by atoms with Crippen molar-refractivity contribution in [3.8, 4) is 0 Å². The highest BCUT2D eigenvalue weighted by Crippen LogP contribution is 2.16. The van der Waals surface area contributed by atoms with Crippen molar-refractivity contribution in [1.82, 2.24) is 13.7 Å². The number of nitrogens with one attached hydrogen (secondary N) is 1. The van der Waals surface area contributed by atoms with Gasteiger partial charge in [-0.05, 0) is 29.7 Å². The van der Waals surface area contributed by atoms with Crippen LogP contribution in [0.2, 0.25) is 0 Å². The van der Waals surface area contributed by atoms with Crippen molar-refractivity contribution in [1.29, 1.82) is 0 Å². The van der Waals surface area contributed by atoms with Crippen molar-refractivity contribution >= 4 is 34.8 Å². The van der Waals surface area contributed by atoms with E-state index in [-0.39, 0.29) is 0 Å². The number of hydrogen-bond acceptors (Lipinski definition) is 3. The third kappa shape index (κ3) is 1.75. The van der Waals surface area contributed by atoms with E-state index in [9.17, 15) is 0 Å². The van der Waals surface area contributed by atoms with Gasteiger partial charge in [-0.15, -0.1) is 0 Å². The second-order valence-electron chi connectivity index (χ2n) is 3.48. The molecule has 0 aliphatic carbocycles. The summed E-state index contributed by atoms with van der Waals surface area (Å²) in [6.07, 6.45) is 5.72. The molecule has 0 aliphatic rings. The van der Waals surface area contributed by atoms with Crippen LogP contribution in [0.25, 0.3) is 23.1 Å². The van der Waals surface area contributed by atoms with Gasteiger partial charge in [-0.1, -0.05) is 18.2 Å². The molecule has 2 aromatic heterocycles. The summed E-state index contributed by atoms with van der Waals surface area (Å²) < 4.78 is 8.06. The molecule has 3 rings (SSSR count). The highest BCUT2D eigenvalue weighted by molar-refractivity contribution is 6.99. The van der Waals surface area contributed by atoms with Crippen molar-refractivity contribution in [2.45, 2.75) is 0 Å². The Morgan fingerprint density at radius 2 is 2.12 bits per heavy atom. The number of H-pyrrole nitrogens is 1. The molecule has 0 spiro atoms. The molecular weight excluding hydrogens is 218 g/mol. The van der Waals surface area contributed by atoms with Gasteiger partial charge in [-0.3, -0.25) is 0 Å². The first-order valence-electron chi connectivity index (χ1n) is 4.95. The van der Waals surface area contributed by atoms with Gasteiger partial charge >= 0.3 is 0 Å². The zero-order valence-electron chi connectivity index (χ0n) is 8.42. The SMILES string of the molecule is C(=Cc1cc2ccccc2[nH]1)c1cnsn1. The maximum atomic E-state index is 4.12. The molecule has 0 saturated heterocycles. The number of hydrogen-bond donors (Lipinski definition) is 1. The van der Waals surface area contributed by atoms with Gasteiger partial charge in [0.25, 0.3) is 0 Å². The summed E-state index contributed by atoms with van der Waals surface area (Å²) in [5.74, 6) is 0. The van der Waals surface area contributed by atoms with Gasteiger partial charge in [0.1, 0.15) is 0 Å². The normalized spacial score (nSPS) is 11.5. The molecule has 3 nitrogen and oxygen atoms in total. The van der Waals surface area contributed by atoms with Gasteiger partial charge in [0.2, 0.25) is 0 Å². The van der Waals surface area contributed by atoms with E-state index in [1.54, 1.807) is 6.20 Å². The van der Waals surface area contributed by atoms with Gasteiger partial charge < -0.3 is 4.98 Å². The number of nitrogens with zero attached hydrogens (tertiary/aromatic N) is 2. The number of benzene rings is 1. The van der Waals surface area contributed by atoms with Crippen molar-refractivity contribution in [2.75, 3.05) is 0 Å². The topological polar surface area (TPSA) is 41.6 Å². The monoisotopic (exact) mass is 227 g/mol. The van der Waals surface area contributed by atoms with Crippen molar-refractivity contribution < 1.29 is 0 Å². The van der Waals surface area contributed by atoms with E-state index in [0.29, 0.717) is 0 Å². The van der Waals surface area contributed by atoms with Crippen molar-refractivity contribution in [2.24, 2.45) is 0 Å². The maximum absolute atomic E-state index is 4.12. The predicted octanol–water partition coefficient (Wildman–Crippen LogP) is 3.19. The third-order valence-electron chi connectivity index (χ3n) is 2.36. The van der Waals surface area contributed by atoms with Crippen LogP contribution in [-0.4, -0.2) is 13.7 Å². The minimum absolute atomic E-state index is 0.892. The average molecular weight is 227 g/mol. The Morgan fingerprint density at radius 1 is 1.19 bits per heavy atom. The number of para-hydroxylation sites is 1. The smallest absolute Gasteiger partial charge is 0.0970 e. The van der Waals surface area contributed by atoms with Crippen LogP contribution in [0.4, 0.5) is 0 Å². The fraction of sp³-hybridized carbons (Fsp3) is 0. The number of fused-ring (bicyclic) bond motifs is 1. The van der Waals surface area contributed by atoms with E-state index in [1.807, 2.05) is 24.3 Å². The van der Waals surface area contributed by atoms with Gasteiger partial charge in [0.05, 0.1) is 23.6 Å². The molecule has 2 heterocycles. The second-order valence-corrected chi connectivity index (χ2v) is 4.03. The molecule has 4 heteroatoms. The first kappa shape index (κ1) is 9.30. The van der Waals surface area contributed by atoms with Crippen LogP contribution in [-0.2, 0) is 0 Å². The third-order valence-corrected chi connectivity index (χ3v) is 2.85. The molecule has 78 valence electrons. The Hall–Kier alpha value is -1.94. The molecule has 0 atom stereocenters. The van der Waals surface area contributed by atoms with Crippen LogP contribution in [0.15, 0.2) is 36.5 Å². The number of aromatic amines is 1. The van der Waals surface area contributed by atoms with E-state index >= 15 is 0 Å². The molecule has 1 aromatic carbocycles. The summed E-state index contributed by atoms with van der Waals surface area (Å²) >= 11 is 1.22. The van der Waals surface area contributed by atoms with Crippen LogP contribution in [0, 0.1) is 0 Å². The molecule has 16 heavy (non-hydrogen) atoms. The molecule has 1 N–H and O–H groups in total. The van der Waals surface area contributed by atoms with Gasteiger partial charge in [-0.2, -0.15) is 8.75 Å². The summed E-state index contributed by atoms with van der Waals surface area (Å²) in [6.45, 7) is 0. The largest absolute Gasteiger partial charge is 0.355 e. The first-order valence-corrected chi connectivity index (χ1v) is 5.68. The maximum Gasteiger partial charge on any atom is 0.0970 e. The second kappa shape index (κ2) is 3.90. The Balaban J connectivity index is 1.95. The average Bonchev–Trinajstić information content (AvgIpc) is 2.95. The lowest BCUT2D eigenvalue weighted by atomic mass is 10.2. The Kier molecular flexibility index (Phi) is 2.27. The summed E-state index contributed by atoms with van der Waals surface area (Å²) in [4.78, 5) is 3.33. The minimum Gasteiger partial charge on any atom is -0.355 e. The number of aromatic nitrogens is 3. The first-order chi connectivity index (χ1) is 7.92. The van der Waals surface area contributed by atoms with Gasteiger partial charge in [0.15, 0.2) is 0 Å². The van der Waals surface area contributed by atoms with E-state index in [4.69, 9.17) is 0 Å². The van der Waals surface area contributed by atoms with E-state index in [1.165, 1.54) is 17.1 Å². The van der Waals surface area contributed by atoms with Crippen LogP contribution in [0.1, 0.15) is 11.4 Å². The highest BCUT2D eigenvalue weighted by Gasteiger charge is 1.96. The Labute approximate surface area is 96.8 Å². The highest BCUT2D eigenvalue weighted by atomic mass is 32.1. The fourth-order valence-electron chi connectivity index (χ4n) is 1.61. The lowest BCUT2D eigenvalue weighted by Crippen LogP contribution is -1.70. The van der Waals surface area contributed by atoms with E-state index in [2.05, 4.69) is 31.9 Å². The molecule has 0 saturated carbocycles. The van der Waals surface area contributed by atoms with Crippen LogP contribution >= 0.6 is 11.7 Å². The summed E-state index contributed by atoms with van der Waals surface area (Å²) in [7, 11) is 0. The fourth-order valence-corrected chi connectivity index (χ4v) is 2.01. The molecule has 0 aliphatic heterocycles. The standard InChI is InChI=1S/C12H9N3S/c1-2-4-12-9(3-1)7-10(14-12)5-6-11-8-13-16-15-11/h1-8,14H. The van der Waals surface area contributed by atoms with E-state index in [0.717, 1.165) is 16.9 Å². The van der Waals surface area contributed by atoms with Crippen molar-refractivity contribution in [3.63, 3.8) is 0 Å². The predicted molar refractivity (Wildman–Crippen MR) is 67.1 cm³/mol. The molecule has 0 fully saturated rings. The zero-order chi connectivity index (χ0) is 10.8. The number of rotatable bonds is 2.